The summed E-state index contributed by atoms with van der Waals surface area (Å²) < 4.78 is 30.4. The van der Waals surface area contributed by atoms with Gasteiger partial charge in [-0.15, -0.1) is 0 Å². The first-order valence-corrected chi connectivity index (χ1v) is 4.02. The molecule has 0 radical (unpaired) electrons. The minimum Gasteiger partial charge on any atom is -0.428 e. The molecule has 5 heteroatoms. The van der Waals surface area contributed by atoms with E-state index in [1.54, 1.807) is 6.07 Å². The summed E-state index contributed by atoms with van der Waals surface area (Å²) in [5.41, 5.74) is 0.336. The van der Waals surface area contributed by atoms with Crippen molar-refractivity contribution in [3.8, 4) is 17.4 Å². The molecule has 0 atom stereocenters. The molecule has 0 spiro atoms. The maximum absolute atomic E-state index is 12.9. The molecule has 0 aliphatic heterocycles. The van der Waals surface area contributed by atoms with E-state index >= 15 is 0 Å². The van der Waals surface area contributed by atoms with E-state index in [-0.39, 0.29) is 11.7 Å². The highest BCUT2D eigenvalue weighted by atomic mass is 19.2. The molecule has 1 heterocycles. The smallest absolute Gasteiger partial charge is 0.301 e. The second-order valence-corrected chi connectivity index (χ2v) is 2.77. The minimum atomic E-state index is -0.970. The monoisotopic (exact) mass is 206 g/mol. The fourth-order valence-corrected chi connectivity index (χ4v) is 1.11. The van der Waals surface area contributed by atoms with Gasteiger partial charge in [-0.2, -0.15) is 5.26 Å². The summed E-state index contributed by atoms with van der Waals surface area (Å²) in [6.07, 6.45) is 1.28. The molecule has 0 saturated heterocycles. The van der Waals surface area contributed by atoms with Crippen LogP contribution in [-0.4, -0.2) is 4.98 Å². The van der Waals surface area contributed by atoms with E-state index in [1.807, 2.05) is 0 Å². The van der Waals surface area contributed by atoms with E-state index < -0.39 is 11.6 Å². The summed E-state index contributed by atoms with van der Waals surface area (Å²) in [6, 6.07) is 5.01. The molecule has 0 saturated carbocycles. The largest absolute Gasteiger partial charge is 0.428 e. The summed E-state index contributed by atoms with van der Waals surface area (Å²) in [5, 5.41) is 8.46. The Morgan fingerprint density at radius 3 is 2.67 bits per heavy atom. The quantitative estimate of drug-likeness (QED) is 0.720. The molecule has 0 N–H and O–H groups in total. The third kappa shape index (κ3) is 1.70. The molecule has 15 heavy (non-hydrogen) atoms. The number of hydrogen-bond acceptors (Lipinski definition) is 3. The number of rotatable bonds is 1. The van der Waals surface area contributed by atoms with Gasteiger partial charge in [0.2, 0.25) is 0 Å². The second kappa shape index (κ2) is 3.50. The number of halogens is 2. The maximum Gasteiger partial charge on any atom is 0.301 e. The van der Waals surface area contributed by atoms with E-state index in [0.29, 0.717) is 5.56 Å². The molecule has 0 unspecified atom stereocenters. The van der Waals surface area contributed by atoms with Gasteiger partial charge in [0.05, 0.1) is 6.20 Å². The topological polar surface area (TPSA) is 49.8 Å². The molecule has 0 aliphatic rings. The Morgan fingerprint density at radius 1 is 1.27 bits per heavy atom. The van der Waals surface area contributed by atoms with Crippen LogP contribution < -0.4 is 0 Å². The van der Waals surface area contributed by atoms with Crippen LogP contribution in [0.5, 0.6) is 0 Å². The number of nitrogens with zero attached hydrogens (tertiary/aromatic N) is 2. The molecule has 0 aliphatic carbocycles. The highest BCUT2D eigenvalue weighted by Gasteiger charge is 2.08. The predicted molar refractivity (Wildman–Crippen MR) is 46.6 cm³/mol. The number of benzene rings is 1. The van der Waals surface area contributed by atoms with Crippen LogP contribution in [0.4, 0.5) is 8.78 Å². The molecular weight excluding hydrogens is 202 g/mol. The van der Waals surface area contributed by atoms with Crippen molar-refractivity contribution in [1.29, 1.82) is 5.26 Å². The molecule has 1 aromatic carbocycles. The number of hydrogen-bond donors (Lipinski definition) is 0. The fourth-order valence-electron chi connectivity index (χ4n) is 1.11. The summed E-state index contributed by atoms with van der Waals surface area (Å²) >= 11 is 0. The lowest BCUT2D eigenvalue weighted by Gasteiger charge is -1.96. The van der Waals surface area contributed by atoms with Crippen molar-refractivity contribution in [1.82, 2.24) is 4.98 Å². The first-order valence-electron chi connectivity index (χ1n) is 4.02. The van der Waals surface area contributed by atoms with Gasteiger partial charge in [0.15, 0.2) is 23.5 Å². The molecule has 0 fully saturated rings. The van der Waals surface area contributed by atoms with Gasteiger partial charge in [0.25, 0.3) is 0 Å². The first kappa shape index (κ1) is 9.34. The number of nitriles is 1. The lowest BCUT2D eigenvalue weighted by atomic mass is 10.2. The summed E-state index contributed by atoms with van der Waals surface area (Å²) in [5.74, 6) is -1.79. The number of oxazole rings is 1. The lowest BCUT2D eigenvalue weighted by molar-refractivity contribution is 0.507. The summed E-state index contributed by atoms with van der Waals surface area (Å²) in [6.45, 7) is 0. The Kier molecular flexibility index (Phi) is 2.18. The zero-order valence-corrected chi connectivity index (χ0v) is 7.37. The Bertz CT molecular complexity index is 543. The van der Waals surface area contributed by atoms with Crippen molar-refractivity contribution in [2.75, 3.05) is 0 Å². The van der Waals surface area contributed by atoms with Gasteiger partial charge in [-0.25, -0.2) is 13.8 Å². The van der Waals surface area contributed by atoms with E-state index in [9.17, 15) is 8.78 Å². The average Bonchev–Trinajstić information content (AvgIpc) is 2.70. The maximum atomic E-state index is 12.9. The van der Waals surface area contributed by atoms with Crippen LogP contribution in [0, 0.1) is 23.0 Å². The number of aromatic nitrogens is 1. The Hall–Kier alpha value is -2.22. The standard InChI is InChI=1S/C10H4F2N2O/c11-7-2-1-6(3-8(7)12)9-5-14-10(4-13)15-9/h1-3,5H. The second-order valence-electron chi connectivity index (χ2n) is 2.77. The molecule has 0 bridgehead atoms. The normalized spacial score (nSPS) is 9.93. The van der Waals surface area contributed by atoms with E-state index in [2.05, 4.69) is 4.98 Å². The third-order valence-corrected chi connectivity index (χ3v) is 1.81. The molecule has 2 aromatic rings. The zero-order valence-electron chi connectivity index (χ0n) is 7.37. The van der Waals surface area contributed by atoms with E-state index in [1.165, 1.54) is 12.3 Å². The van der Waals surface area contributed by atoms with Crippen LogP contribution in [0.1, 0.15) is 5.89 Å². The summed E-state index contributed by atoms with van der Waals surface area (Å²) in [4.78, 5) is 3.62. The van der Waals surface area contributed by atoms with Gasteiger partial charge < -0.3 is 4.42 Å². The van der Waals surface area contributed by atoms with Crippen LogP contribution in [-0.2, 0) is 0 Å². The molecular formula is C10H4F2N2O. The predicted octanol–water partition coefficient (Wildman–Crippen LogP) is 2.49. The molecule has 1 aromatic heterocycles. The van der Waals surface area contributed by atoms with Crippen molar-refractivity contribution in [2.24, 2.45) is 0 Å². The Balaban J connectivity index is 2.46. The fraction of sp³-hybridized carbons (Fsp3) is 0. The van der Waals surface area contributed by atoms with E-state index in [0.717, 1.165) is 12.1 Å². The van der Waals surface area contributed by atoms with Crippen molar-refractivity contribution in [2.45, 2.75) is 0 Å². The van der Waals surface area contributed by atoms with E-state index in [4.69, 9.17) is 9.68 Å². The van der Waals surface area contributed by atoms with Gasteiger partial charge in [-0.05, 0) is 18.2 Å². The average molecular weight is 206 g/mol. The Labute approximate surface area is 83.6 Å². The van der Waals surface area contributed by atoms with Crippen LogP contribution in [0.15, 0.2) is 28.8 Å². The lowest BCUT2D eigenvalue weighted by Crippen LogP contribution is -1.83. The highest BCUT2D eigenvalue weighted by molar-refractivity contribution is 5.56. The van der Waals surface area contributed by atoms with Gasteiger partial charge in [-0.3, -0.25) is 0 Å². The summed E-state index contributed by atoms with van der Waals surface area (Å²) in [7, 11) is 0. The molecule has 2 rings (SSSR count). The van der Waals surface area contributed by atoms with Crippen molar-refractivity contribution in [3.63, 3.8) is 0 Å². The van der Waals surface area contributed by atoms with Crippen LogP contribution in [0.3, 0.4) is 0 Å². The van der Waals surface area contributed by atoms with Crippen molar-refractivity contribution in [3.05, 3.63) is 41.9 Å². The molecule has 74 valence electrons. The Morgan fingerprint density at radius 2 is 2.07 bits per heavy atom. The van der Waals surface area contributed by atoms with Gasteiger partial charge in [0, 0.05) is 5.56 Å². The van der Waals surface area contributed by atoms with Crippen LogP contribution in [0.2, 0.25) is 0 Å². The van der Waals surface area contributed by atoms with Crippen molar-refractivity contribution >= 4 is 0 Å². The zero-order chi connectivity index (χ0) is 10.8. The van der Waals surface area contributed by atoms with Crippen LogP contribution in [0.25, 0.3) is 11.3 Å². The van der Waals surface area contributed by atoms with Gasteiger partial charge >= 0.3 is 5.89 Å². The molecule has 0 amide bonds. The van der Waals surface area contributed by atoms with Crippen molar-refractivity contribution < 1.29 is 13.2 Å². The molecule has 3 nitrogen and oxygen atoms in total. The minimum absolute atomic E-state index is 0.116. The first-order chi connectivity index (χ1) is 7.20. The highest BCUT2D eigenvalue weighted by Crippen LogP contribution is 2.21. The van der Waals surface area contributed by atoms with Gasteiger partial charge in [-0.1, -0.05) is 0 Å². The van der Waals surface area contributed by atoms with Crippen LogP contribution >= 0.6 is 0 Å². The van der Waals surface area contributed by atoms with Gasteiger partial charge in [0.1, 0.15) is 0 Å². The third-order valence-electron chi connectivity index (χ3n) is 1.81. The SMILES string of the molecule is N#Cc1ncc(-c2ccc(F)c(F)c2)o1.